The zero-order valence-electron chi connectivity index (χ0n) is 10.9. The van der Waals surface area contributed by atoms with Crippen LogP contribution in [0.4, 0.5) is 0 Å². The van der Waals surface area contributed by atoms with Gasteiger partial charge < -0.3 is 10.6 Å². The van der Waals surface area contributed by atoms with E-state index in [1.807, 2.05) is 0 Å². The third kappa shape index (κ3) is 6.91. The van der Waals surface area contributed by atoms with Crippen LogP contribution in [-0.4, -0.2) is 31.1 Å². The highest BCUT2D eigenvalue weighted by Crippen LogP contribution is 2.29. The fraction of sp³-hybridized carbons (Fsp3) is 1.00. The molecule has 0 aromatic carbocycles. The Labute approximate surface area is 95.2 Å². The van der Waals surface area contributed by atoms with Crippen LogP contribution in [0.25, 0.3) is 0 Å². The van der Waals surface area contributed by atoms with Crippen molar-refractivity contribution in [2.24, 2.45) is 17.1 Å². The Hall–Kier alpha value is -0.0800. The predicted molar refractivity (Wildman–Crippen MR) is 66.9 cm³/mol. The highest BCUT2D eigenvalue weighted by molar-refractivity contribution is 4.77. The smallest absolute Gasteiger partial charge is 0.00559 e. The maximum Gasteiger partial charge on any atom is 0.00559 e. The molecule has 0 bridgehead atoms. The lowest BCUT2D eigenvalue weighted by molar-refractivity contribution is 0.276. The van der Waals surface area contributed by atoms with Gasteiger partial charge in [0.05, 0.1) is 0 Å². The Morgan fingerprint density at radius 3 is 2.40 bits per heavy atom. The second-order valence-electron chi connectivity index (χ2n) is 6.52. The number of nitrogens with zero attached hydrogens (tertiary/aromatic N) is 1. The van der Waals surface area contributed by atoms with Crippen molar-refractivity contribution in [3.63, 3.8) is 0 Å². The monoisotopic (exact) mass is 212 g/mol. The summed E-state index contributed by atoms with van der Waals surface area (Å²) in [6.45, 7) is 9.23. The molecule has 0 aliphatic heterocycles. The lowest BCUT2D eigenvalue weighted by Gasteiger charge is -2.25. The third-order valence-corrected chi connectivity index (χ3v) is 3.02. The minimum absolute atomic E-state index is 0.367. The van der Waals surface area contributed by atoms with E-state index in [1.165, 1.54) is 19.4 Å². The summed E-state index contributed by atoms with van der Waals surface area (Å²) in [6, 6.07) is 0.367. The van der Waals surface area contributed by atoms with Crippen molar-refractivity contribution in [1.29, 1.82) is 0 Å². The first kappa shape index (κ1) is 13.0. The molecular weight excluding hydrogens is 184 g/mol. The molecular formula is C13H28N2. The van der Waals surface area contributed by atoms with E-state index in [1.54, 1.807) is 0 Å². The maximum absolute atomic E-state index is 6.13. The van der Waals surface area contributed by atoms with Crippen molar-refractivity contribution in [3.8, 4) is 0 Å². The zero-order valence-corrected chi connectivity index (χ0v) is 10.9. The Balaban J connectivity index is 2.06. The van der Waals surface area contributed by atoms with Crippen LogP contribution in [0.3, 0.4) is 0 Å². The number of nitrogens with two attached hydrogens (primary N) is 1. The summed E-state index contributed by atoms with van der Waals surface area (Å²) >= 11 is 0. The van der Waals surface area contributed by atoms with Crippen molar-refractivity contribution in [2.75, 3.05) is 20.1 Å². The highest BCUT2D eigenvalue weighted by Gasteiger charge is 2.23. The van der Waals surface area contributed by atoms with Crippen molar-refractivity contribution in [3.05, 3.63) is 0 Å². The summed E-state index contributed by atoms with van der Waals surface area (Å²) in [4.78, 5) is 2.44. The van der Waals surface area contributed by atoms with E-state index in [4.69, 9.17) is 5.73 Å². The minimum Gasteiger partial charge on any atom is -0.328 e. The summed E-state index contributed by atoms with van der Waals surface area (Å²) in [5.74, 6) is 0.994. The molecule has 1 aliphatic carbocycles. The molecule has 0 aromatic rings. The molecule has 2 nitrogen and oxygen atoms in total. The van der Waals surface area contributed by atoms with Crippen LogP contribution in [0.15, 0.2) is 0 Å². The van der Waals surface area contributed by atoms with E-state index in [2.05, 4.69) is 32.7 Å². The zero-order chi connectivity index (χ0) is 11.5. The van der Waals surface area contributed by atoms with Gasteiger partial charge in [0.2, 0.25) is 0 Å². The van der Waals surface area contributed by atoms with Gasteiger partial charge in [-0.25, -0.2) is 0 Å². The number of hydrogen-bond acceptors (Lipinski definition) is 2. The van der Waals surface area contributed by atoms with E-state index < -0.39 is 0 Å². The maximum atomic E-state index is 6.13. The molecule has 0 amide bonds. The Morgan fingerprint density at radius 2 is 1.93 bits per heavy atom. The summed E-state index contributed by atoms with van der Waals surface area (Å²) in [7, 11) is 2.22. The summed E-state index contributed by atoms with van der Waals surface area (Å²) < 4.78 is 0. The van der Waals surface area contributed by atoms with Gasteiger partial charge in [-0.1, -0.05) is 20.8 Å². The van der Waals surface area contributed by atoms with E-state index in [-0.39, 0.29) is 0 Å². The van der Waals surface area contributed by atoms with Gasteiger partial charge in [-0.3, -0.25) is 0 Å². The molecule has 0 saturated heterocycles. The van der Waals surface area contributed by atoms with Gasteiger partial charge in [0.15, 0.2) is 0 Å². The second kappa shape index (κ2) is 5.31. The largest absolute Gasteiger partial charge is 0.328 e. The van der Waals surface area contributed by atoms with Crippen molar-refractivity contribution < 1.29 is 0 Å². The van der Waals surface area contributed by atoms with Crippen LogP contribution in [0.5, 0.6) is 0 Å². The van der Waals surface area contributed by atoms with Crippen LogP contribution < -0.4 is 5.73 Å². The Bertz CT molecular complexity index is 179. The van der Waals surface area contributed by atoms with Crippen molar-refractivity contribution in [1.82, 2.24) is 4.90 Å². The number of hydrogen-bond donors (Lipinski definition) is 1. The lowest BCUT2D eigenvalue weighted by Crippen LogP contribution is -2.32. The average Bonchev–Trinajstić information content (AvgIpc) is 2.81. The Morgan fingerprint density at radius 1 is 1.33 bits per heavy atom. The first-order chi connectivity index (χ1) is 6.87. The van der Waals surface area contributed by atoms with Gasteiger partial charge in [-0.15, -0.1) is 0 Å². The quantitative estimate of drug-likeness (QED) is 0.733. The van der Waals surface area contributed by atoms with E-state index in [9.17, 15) is 0 Å². The average molecular weight is 212 g/mol. The normalized spacial score (nSPS) is 19.6. The van der Waals surface area contributed by atoms with Crippen LogP contribution >= 0.6 is 0 Å². The molecule has 0 radical (unpaired) electrons. The first-order valence-electron chi connectivity index (χ1n) is 6.31. The van der Waals surface area contributed by atoms with Gasteiger partial charge in [0.1, 0.15) is 0 Å². The second-order valence-corrected chi connectivity index (χ2v) is 6.52. The van der Waals surface area contributed by atoms with Crippen LogP contribution in [0.2, 0.25) is 0 Å². The molecule has 1 saturated carbocycles. The van der Waals surface area contributed by atoms with Gasteiger partial charge in [0.25, 0.3) is 0 Å². The molecule has 1 atom stereocenters. The molecule has 2 N–H and O–H groups in total. The molecule has 1 unspecified atom stereocenters. The van der Waals surface area contributed by atoms with Crippen molar-refractivity contribution >= 4 is 0 Å². The molecule has 0 aromatic heterocycles. The van der Waals surface area contributed by atoms with E-state index >= 15 is 0 Å². The molecule has 1 aliphatic rings. The predicted octanol–water partition coefficient (Wildman–Crippen LogP) is 2.48. The standard InChI is InChI=1S/C13H28N2/c1-13(2,3)9-12(14)7-8-15(4)10-11-5-6-11/h11-12H,5-10,14H2,1-4H3. The van der Waals surface area contributed by atoms with Crippen LogP contribution in [0.1, 0.15) is 46.5 Å². The van der Waals surface area contributed by atoms with Gasteiger partial charge >= 0.3 is 0 Å². The molecule has 2 heteroatoms. The lowest BCUT2D eigenvalue weighted by atomic mass is 9.87. The molecule has 90 valence electrons. The minimum atomic E-state index is 0.367. The molecule has 1 rings (SSSR count). The molecule has 0 spiro atoms. The SMILES string of the molecule is CN(CCC(N)CC(C)(C)C)CC1CC1. The van der Waals surface area contributed by atoms with Gasteiger partial charge in [-0.05, 0) is 50.6 Å². The summed E-state index contributed by atoms with van der Waals surface area (Å²) in [5, 5.41) is 0. The summed E-state index contributed by atoms with van der Waals surface area (Å²) in [5.41, 5.74) is 6.50. The van der Waals surface area contributed by atoms with Gasteiger partial charge in [-0.2, -0.15) is 0 Å². The van der Waals surface area contributed by atoms with Gasteiger partial charge in [0, 0.05) is 12.6 Å². The fourth-order valence-corrected chi connectivity index (χ4v) is 2.11. The molecule has 1 fully saturated rings. The van der Waals surface area contributed by atoms with Crippen LogP contribution in [-0.2, 0) is 0 Å². The first-order valence-corrected chi connectivity index (χ1v) is 6.31. The summed E-state index contributed by atoms with van der Waals surface area (Å²) in [6.07, 6.45) is 5.15. The fourth-order valence-electron chi connectivity index (χ4n) is 2.11. The van der Waals surface area contributed by atoms with E-state index in [0.717, 1.165) is 25.3 Å². The number of rotatable bonds is 6. The van der Waals surface area contributed by atoms with Crippen LogP contribution in [0, 0.1) is 11.3 Å². The molecule has 15 heavy (non-hydrogen) atoms. The molecule has 0 heterocycles. The highest BCUT2D eigenvalue weighted by atomic mass is 15.1. The Kier molecular flexibility index (Phi) is 4.60. The van der Waals surface area contributed by atoms with E-state index in [0.29, 0.717) is 11.5 Å². The van der Waals surface area contributed by atoms with Crippen molar-refractivity contribution in [2.45, 2.75) is 52.5 Å². The topological polar surface area (TPSA) is 29.3 Å². The third-order valence-electron chi connectivity index (χ3n) is 3.02.